The van der Waals surface area contributed by atoms with Gasteiger partial charge in [-0.2, -0.15) is 11.8 Å². The molecule has 0 amide bonds. The highest BCUT2D eigenvalue weighted by molar-refractivity contribution is 7.98. The molecule has 0 aliphatic rings. The molecule has 0 aliphatic carbocycles. The third-order valence-corrected chi connectivity index (χ3v) is 2.81. The fourth-order valence-corrected chi connectivity index (χ4v) is 1.92. The number of hydrogen-bond acceptors (Lipinski definition) is 4. The van der Waals surface area contributed by atoms with E-state index in [0.717, 1.165) is 25.1 Å². The molecule has 1 atom stereocenters. The number of thioether (sulfide) groups is 1. The van der Waals surface area contributed by atoms with Crippen molar-refractivity contribution in [2.24, 2.45) is 0 Å². The summed E-state index contributed by atoms with van der Waals surface area (Å²) in [6, 6.07) is 0.572. The predicted octanol–water partition coefficient (Wildman–Crippen LogP) is 1.67. The average molecular weight is 219 g/mol. The number of methoxy groups -OCH3 is 1. The second kappa shape index (κ2) is 9.34. The van der Waals surface area contributed by atoms with E-state index in [0.29, 0.717) is 12.5 Å². The Bertz CT molecular complexity index is 153. The Morgan fingerprint density at radius 3 is 2.79 bits per heavy atom. The van der Waals surface area contributed by atoms with Gasteiger partial charge < -0.3 is 10.1 Å². The molecule has 0 aromatic rings. The van der Waals surface area contributed by atoms with Crippen LogP contribution in [0, 0.1) is 0 Å². The molecule has 3 nitrogen and oxygen atoms in total. The third kappa shape index (κ3) is 7.21. The zero-order chi connectivity index (χ0) is 10.8. The Kier molecular flexibility index (Phi) is 9.19. The smallest absolute Gasteiger partial charge is 0.305 e. The Morgan fingerprint density at radius 2 is 2.29 bits per heavy atom. The Hall–Kier alpha value is -0.220. The molecule has 0 saturated carbocycles. The molecule has 0 aromatic heterocycles. The first kappa shape index (κ1) is 13.8. The van der Waals surface area contributed by atoms with Crippen LogP contribution in [0.1, 0.15) is 26.2 Å². The lowest BCUT2D eigenvalue weighted by molar-refractivity contribution is -0.140. The molecular formula is C10H21NO2S. The molecule has 0 spiro atoms. The molecule has 0 heterocycles. The summed E-state index contributed by atoms with van der Waals surface area (Å²) in [6.07, 6.45) is 4.62. The van der Waals surface area contributed by atoms with E-state index >= 15 is 0 Å². The van der Waals surface area contributed by atoms with Gasteiger partial charge in [0.05, 0.1) is 7.11 Å². The zero-order valence-electron chi connectivity index (χ0n) is 9.34. The molecular weight excluding hydrogens is 198 g/mol. The van der Waals surface area contributed by atoms with Crippen LogP contribution >= 0.6 is 11.8 Å². The molecule has 14 heavy (non-hydrogen) atoms. The van der Waals surface area contributed by atoms with Gasteiger partial charge in [-0.3, -0.25) is 4.79 Å². The first-order chi connectivity index (χ1) is 6.74. The van der Waals surface area contributed by atoms with Crippen LogP contribution in [-0.2, 0) is 9.53 Å². The van der Waals surface area contributed by atoms with E-state index in [4.69, 9.17) is 0 Å². The summed E-state index contributed by atoms with van der Waals surface area (Å²) in [5, 5.41) is 3.42. The lowest BCUT2D eigenvalue weighted by atomic mass is 10.2. The maximum absolute atomic E-state index is 10.8. The van der Waals surface area contributed by atoms with Gasteiger partial charge in [0.1, 0.15) is 0 Å². The van der Waals surface area contributed by atoms with E-state index in [2.05, 4.69) is 23.2 Å². The average Bonchev–Trinajstić information content (AvgIpc) is 2.22. The van der Waals surface area contributed by atoms with Crippen LogP contribution in [0.25, 0.3) is 0 Å². The summed E-state index contributed by atoms with van der Waals surface area (Å²) in [4.78, 5) is 10.8. The van der Waals surface area contributed by atoms with Crippen molar-refractivity contribution in [3.8, 4) is 0 Å². The van der Waals surface area contributed by atoms with Crippen LogP contribution < -0.4 is 5.32 Å². The molecule has 0 aromatic carbocycles. The molecule has 0 rings (SSSR count). The topological polar surface area (TPSA) is 38.3 Å². The van der Waals surface area contributed by atoms with E-state index in [9.17, 15) is 4.79 Å². The minimum Gasteiger partial charge on any atom is -0.469 e. The van der Waals surface area contributed by atoms with Gasteiger partial charge in [0.2, 0.25) is 0 Å². The monoisotopic (exact) mass is 219 g/mol. The van der Waals surface area contributed by atoms with Crippen LogP contribution in [0.2, 0.25) is 0 Å². The molecule has 0 fully saturated rings. The first-order valence-electron chi connectivity index (χ1n) is 5.03. The summed E-state index contributed by atoms with van der Waals surface area (Å²) in [6.45, 7) is 3.07. The highest BCUT2D eigenvalue weighted by atomic mass is 32.2. The van der Waals surface area contributed by atoms with Gasteiger partial charge in [-0.15, -0.1) is 0 Å². The second-order valence-electron chi connectivity index (χ2n) is 3.19. The lowest BCUT2D eigenvalue weighted by Crippen LogP contribution is -2.31. The van der Waals surface area contributed by atoms with Crippen LogP contribution in [0.4, 0.5) is 0 Å². The van der Waals surface area contributed by atoms with Gasteiger partial charge >= 0.3 is 5.97 Å². The van der Waals surface area contributed by atoms with Gasteiger partial charge in [-0.25, -0.2) is 0 Å². The molecule has 4 heteroatoms. The predicted molar refractivity (Wildman–Crippen MR) is 61.7 cm³/mol. The third-order valence-electron chi connectivity index (χ3n) is 2.08. The normalized spacial score (nSPS) is 12.5. The van der Waals surface area contributed by atoms with Gasteiger partial charge in [-0.1, -0.05) is 6.92 Å². The highest BCUT2D eigenvalue weighted by Crippen LogP contribution is 2.01. The molecule has 0 saturated heterocycles. The van der Waals surface area contributed by atoms with Crippen molar-refractivity contribution in [1.82, 2.24) is 5.32 Å². The number of nitrogens with one attached hydrogen (secondary N) is 1. The van der Waals surface area contributed by atoms with Crippen molar-refractivity contribution in [2.45, 2.75) is 32.2 Å². The summed E-state index contributed by atoms with van der Waals surface area (Å²) < 4.78 is 4.56. The van der Waals surface area contributed by atoms with Crippen molar-refractivity contribution < 1.29 is 9.53 Å². The summed E-state index contributed by atoms with van der Waals surface area (Å²) in [7, 11) is 1.43. The summed E-state index contributed by atoms with van der Waals surface area (Å²) in [5.41, 5.74) is 0. The molecule has 0 aliphatic heterocycles. The Balaban J connectivity index is 3.37. The summed E-state index contributed by atoms with van der Waals surface area (Å²) in [5.74, 6) is 1.01. The van der Waals surface area contributed by atoms with Crippen molar-refractivity contribution >= 4 is 17.7 Å². The fourth-order valence-electron chi connectivity index (χ4n) is 1.16. The number of carbonyl (C=O) groups is 1. The van der Waals surface area contributed by atoms with E-state index in [1.165, 1.54) is 7.11 Å². The van der Waals surface area contributed by atoms with E-state index in [1.54, 1.807) is 0 Å². The van der Waals surface area contributed by atoms with E-state index < -0.39 is 0 Å². The number of hydrogen-bond donors (Lipinski definition) is 1. The van der Waals surface area contributed by atoms with Crippen LogP contribution in [0.15, 0.2) is 0 Å². The number of carbonyl (C=O) groups excluding carboxylic acids is 1. The molecule has 0 bridgehead atoms. The number of esters is 1. The largest absolute Gasteiger partial charge is 0.469 e. The lowest BCUT2D eigenvalue weighted by Gasteiger charge is -2.14. The van der Waals surface area contributed by atoms with Gasteiger partial charge in [0.25, 0.3) is 0 Å². The van der Waals surface area contributed by atoms with Crippen molar-refractivity contribution in [3.05, 3.63) is 0 Å². The van der Waals surface area contributed by atoms with Crippen LogP contribution in [0.5, 0.6) is 0 Å². The fraction of sp³-hybridized carbons (Fsp3) is 0.900. The zero-order valence-corrected chi connectivity index (χ0v) is 10.2. The van der Waals surface area contributed by atoms with Crippen molar-refractivity contribution in [1.29, 1.82) is 0 Å². The van der Waals surface area contributed by atoms with Crippen LogP contribution in [0.3, 0.4) is 0 Å². The van der Waals surface area contributed by atoms with Gasteiger partial charge in [-0.05, 0) is 25.6 Å². The standard InChI is InChI=1S/C10H21NO2S/c1-4-9(8-14-3)11-7-5-6-10(12)13-2/h9,11H,4-8H2,1-3H3. The minimum absolute atomic E-state index is 0.121. The second-order valence-corrected chi connectivity index (χ2v) is 4.11. The molecule has 0 radical (unpaired) electrons. The maximum Gasteiger partial charge on any atom is 0.305 e. The highest BCUT2D eigenvalue weighted by Gasteiger charge is 2.04. The van der Waals surface area contributed by atoms with Crippen molar-refractivity contribution in [2.75, 3.05) is 25.7 Å². The quantitative estimate of drug-likeness (QED) is 0.498. The van der Waals surface area contributed by atoms with E-state index in [1.807, 2.05) is 11.8 Å². The van der Waals surface area contributed by atoms with Crippen molar-refractivity contribution in [3.63, 3.8) is 0 Å². The molecule has 1 unspecified atom stereocenters. The van der Waals surface area contributed by atoms with Gasteiger partial charge in [0, 0.05) is 18.2 Å². The van der Waals surface area contributed by atoms with Crippen LogP contribution in [-0.4, -0.2) is 37.7 Å². The van der Waals surface area contributed by atoms with Gasteiger partial charge in [0.15, 0.2) is 0 Å². The molecule has 1 N–H and O–H groups in total. The minimum atomic E-state index is -0.121. The molecule has 84 valence electrons. The first-order valence-corrected chi connectivity index (χ1v) is 6.43. The Morgan fingerprint density at radius 1 is 1.57 bits per heavy atom. The summed E-state index contributed by atoms with van der Waals surface area (Å²) >= 11 is 1.85. The van der Waals surface area contributed by atoms with E-state index in [-0.39, 0.29) is 5.97 Å². The Labute approximate surface area is 91.0 Å². The number of ether oxygens (including phenoxy) is 1. The SMILES string of the molecule is CCC(CSC)NCCCC(=O)OC. The number of rotatable bonds is 8. The maximum atomic E-state index is 10.8.